The normalized spacial score (nSPS) is 35.8. The summed E-state index contributed by atoms with van der Waals surface area (Å²) >= 11 is 0. The highest BCUT2D eigenvalue weighted by atomic mass is 16.5. The van der Waals surface area contributed by atoms with Crippen molar-refractivity contribution in [3.63, 3.8) is 0 Å². The van der Waals surface area contributed by atoms with Crippen molar-refractivity contribution in [2.24, 2.45) is 17.8 Å². The van der Waals surface area contributed by atoms with E-state index in [0.717, 1.165) is 12.8 Å². The molecule has 2 fully saturated rings. The lowest BCUT2D eigenvalue weighted by Crippen LogP contribution is -2.44. The van der Waals surface area contributed by atoms with Crippen molar-refractivity contribution in [1.29, 1.82) is 0 Å². The Balaban J connectivity index is 2.16. The molecular weight excluding hydrogens is 196 g/mol. The highest BCUT2D eigenvalue weighted by Crippen LogP contribution is 2.38. The van der Waals surface area contributed by atoms with Gasteiger partial charge in [0.1, 0.15) is 11.7 Å². The van der Waals surface area contributed by atoms with Gasteiger partial charge >= 0.3 is 5.97 Å². The number of carbonyl (C=O) groups is 2. The molecule has 0 aromatic carbocycles. The number of fused-ring (bicyclic) bond motifs is 1. The number of carbonyl (C=O) groups excluding carboxylic acids is 2. The summed E-state index contributed by atoms with van der Waals surface area (Å²) in [4.78, 5) is 23.3. The van der Waals surface area contributed by atoms with E-state index in [0.29, 0.717) is 25.6 Å². The monoisotopic (exact) mass is 212 g/mol. The molecule has 3 unspecified atom stereocenters. The second kappa shape index (κ2) is 4.31. The first-order chi connectivity index (χ1) is 7.24. The zero-order chi connectivity index (χ0) is 10.8. The lowest BCUT2D eigenvalue weighted by molar-refractivity contribution is -0.158. The Bertz CT molecular complexity index is 266. The van der Waals surface area contributed by atoms with Crippen molar-refractivity contribution in [3.05, 3.63) is 0 Å². The Hall–Kier alpha value is -0.900. The van der Waals surface area contributed by atoms with E-state index >= 15 is 0 Å². The van der Waals surface area contributed by atoms with Gasteiger partial charge in [0.05, 0.1) is 7.11 Å². The number of Topliss-reactive ketones (excluding diaryl/α,β-unsaturated/α-hetero) is 1. The van der Waals surface area contributed by atoms with Crippen molar-refractivity contribution in [1.82, 2.24) is 0 Å². The molecule has 1 heterocycles. The first kappa shape index (κ1) is 10.6. The molecule has 3 atom stereocenters. The minimum Gasteiger partial charge on any atom is -0.468 e. The Morgan fingerprint density at radius 3 is 3.00 bits per heavy atom. The lowest BCUT2D eigenvalue weighted by atomic mass is 9.69. The van der Waals surface area contributed by atoms with Gasteiger partial charge in [0.15, 0.2) is 0 Å². The van der Waals surface area contributed by atoms with Crippen LogP contribution in [0, 0.1) is 17.8 Å². The third kappa shape index (κ3) is 1.91. The van der Waals surface area contributed by atoms with E-state index in [1.54, 1.807) is 0 Å². The van der Waals surface area contributed by atoms with Crippen LogP contribution in [0.2, 0.25) is 0 Å². The number of esters is 1. The van der Waals surface area contributed by atoms with Crippen LogP contribution >= 0.6 is 0 Å². The van der Waals surface area contributed by atoms with E-state index in [1.165, 1.54) is 7.11 Å². The molecule has 4 nitrogen and oxygen atoms in total. The van der Waals surface area contributed by atoms with Crippen LogP contribution in [0.1, 0.15) is 19.3 Å². The summed E-state index contributed by atoms with van der Waals surface area (Å²) in [7, 11) is 1.35. The van der Waals surface area contributed by atoms with Gasteiger partial charge in [0.25, 0.3) is 0 Å². The summed E-state index contributed by atoms with van der Waals surface area (Å²) in [5, 5.41) is 0. The molecule has 2 rings (SSSR count). The molecule has 0 bridgehead atoms. The van der Waals surface area contributed by atoms with E-state index in [4.69, 9.17) is 9.47 Å². The van der Waals surface area contributed by atoms with Crippen molar-refractivity contribution >= 4 is 11.8 Å². The zero-order valence-electron chi connectivity index (χ0n) is 8.90. The summed E-state index contributed by atoms with van der Waals surface area (Å²) in [5.41, 5.74) is 0. The quantitative estimate of drug-likeness (QED) is 0.476. The fraction of sp³-hybridized carbons (Fsp3) is 0.818. The molecule has 15 heavy (non-hydrogen) atoms. The van der Waals surface area contributed by atoms with Gasteiger partial charge in [-0.15, -0.1) is 0 Å². The van der Waals surface area contributed by atoms with Gasteiger partial charge in [-0.3, -0.25) is 9.59 Å². The number of hydrogen-bond donors (Lipinski definition) is 0. The fourth-order valence-corrected chi connectivity index (χ4v) is 2.70. The maximum absolute atomic E-state index is 11.7. The number of ether oxygens (including phenoxy) is 2. The van der Waals surface area contributed by atoms with Crippen LogP contribution in [-0.4, -0.2) is 32.1 Å². The number of rotatable bonds is 1. The third-order valence-electron chi connectivity index (χ3n) is 3.52. The fourth-order valence-electron chi connectivity index (χ4n) is 2.70. The molecular formula is C11H16O4. The van der Waals surface area contributed by atoms with Gasteiger partial charge in [-0.1, -0.05) is 0 Å². The molecule has 1 aliphatic heterocycles. The SMILES string of the molecule is COC(=O)C1C(=O)CCC2COCCC21. The minimum absolute atomic E-state index is 0.0463. The van der Waals surface area contributed by atoms with E-state index in [-0.39, 0.29) is 17.7 Å². The molecule has 0 amide bonds. The minimum atomic E-state index is -0.530. The average Bonchev–Trinajstić information content (AvgIpc) is 2.28. The second-order valence-electron chi connectivity index (χ2n) is 4.29. The number of methoxy groups -OCH3 is 1. The predicted octanol–water partition coefficient (Wildman–Crippen LogP) is 0.791. The summed E-state index contributed by atoms with van der Waals surface area (Å²) in [6.45, 7) is 1.34. The van der Waals surface area contributed by atoms with Gasteiger partial charge in [0.2, 0.25) is 0 Å². The maximum atomic E-state index is 11.7. The summed E-state index contributed by atoms with van der Waals surface area (Å²) in [6, 6.07) is 0. The van der Waals surface area contributed by atoms with Crippen LogP contribution < -0.4 is 0 Å². The van der Waals surface area contributed by atoms with Crippen LogP contribution in [-0.2, 0) is 19.1 Å². The molecule has 1 saturated carbocycles. The number of hydrogen-bond acceptors (Lipinski definition) is 4. The molecule has 1 saturated heterocycles. The van der Waals surface area contributed by atoms with Crippen LogP contribution in [0.3, 0.4) is 0 Å². The largest absolute Gasteiger partial charge is 0.468 e. The predicted molar refractivity (Wildman–Crippen MR) is 52.2 cm³/mol. The van der Waals surface area contributed by atoms with Gasteiger partial charge in [0, 0.05) is 19.6 Å². The van der Waals surface area contributed by atoms with E-state index in [1.807, 2.05) is 0 Å². The van der Waals surface area contributed by atoms with Crippen LogP contribution in [0.15, 0.2) is 0 Å². The topological polar surface area (TPSA) is 52.6 Å². The average molecular weight is 212 g/mol. The van der Waals surface area contributed by atoms with Crippen molar-refractivity contribution in [3.8, 4) is 0 Å². The van der Waals surface area contributed by atoms with Crippen molar-refractivity contribution in [2.45, 2.75) is 19.3 Å². The zero-order valence-corrected chi connectivity index (χ0v) is 8.90. The van der Waals surface area contributed by atoms with Crippen LogP contribution in [0.25, 0.3) is 0 Å². The Labute approximate surface area is 88.9 Å². The Kier molecular flexibility index (Phi) is 3.05. The van der Waals surface area contributed by atoms with Gasteiger partial charge in [-0.2, -0.15) is 0 Å². The number of ketones is 1. The van der Waals surface area contributed by atoms with Gasteiger partial charge in [-0.25, -0.2) is 0 Å². The molecule has 1 aliphatic carbocycles. The molecule has 0 aromatic rings. The molecule has 0 N–H and O–H groups in total. The molecule has 0 radical (unpaired) electrons. The highest BCUT2D eigenvalue weighted by molar-refractivity contribution is 5.99. The van der Waals surface area contributed by atoms with E-state index in [9.17, 15) is 9.59 Å². The molecule has 2 aliphatic rings. The highest BCUT2D eigenvalue weighted by Gasteiger charge is 2.44. The molecule has 84 valence electrons. The van der Waals surface area contributed by atoms with Crippen molar-refractivity contribution < 1.29 is 19.1 Å². The van der Waals surface area contributed by atoms with Crippen LogP contribution in [0.4, 0.5) is 0 Å². The molecule has 0 spiro atoms. The lowest BCUT2D eigenvalue weighted by Gasteiger charge is -2.38. The standard InChI is InChI=1S/C11H16O4/c1-14-11(13)10-8-4-5-15-6-7(8)2-3-9(10)12/h7-8,10H,2-6H2,1H3. The van der Waals surface area contributed by atoms with Gasteiger partial charge in [-0.05, 0) is 24.7 Å². The van der Waals surface area contributed by atoms with Crippen LogP contribution in [0.5, 0.6) is 0 Å². The Morgan fingerprint density at radius 1 is 1.47 bits per heavy atom. The molecule has 0 aromatic heterocycles. The smallest absolute Gasteiger partial charge is 0.316 e. The summed E-state index contributed by atoms with van der Waals surface area (Å²) in [5.74, 6) is -0.341. The van der Waals surface area contributed by atoms with Gasteiger partial charge < -0.3 is 9.47 Å². The summed E-state index contributed by atoms with van der Waals surface area (Å²) < 4.78 is 10.1. The third-order valence-corrected chi connectivity index (χ3v) is 3.52. The van der Waals surface area contributed by atoms with E-state index in [2.05, 4.69) is 0 Å². The molecule has 4 heteroatoms. The van der Waals surface area contributed by atoms with Crippen molar-refractivity contribution in [2.75, 3.05) is 20.3 Å². The summed E-state index contributed by atoms with van der Waals surface area (Å²) in [6.07, 6.45) is 2.15. The second-order valence-corrected chi connectivity index (χ2v) is 4.29. The first-order valence-corrected chi connectivity index (χ1v) is 5.42. The first-order valence-electron chi connectivity index (χ1n) is 5.42. The van der Waals surface area contributed by atoms with E-state index < -0.39 is 5.92 Å². The maximum Gasteiger partial charge on any atom is 0.316 e. The Morgan fingerprint density at radius 2 is 2.27 bits per heavy atom.